The number of fused-ring (bicyclic) bond motifs is 1. The van der Waals surface area contributed by atoms with Gasteiger partial charge in [-0.3, -0.25) is 4.79 Å². The van der Waals surface area contributed by atoms with Gasteiger partial charge in [0.2, 0.25) is 0 Å². The fourth-order valence-corrected chi connectivity index (χ4v) is 7.77. The lowest BCUT2D eigenvalue weighted by Gasteiger charge is -2.52. The van der Waals surface area contributed by atoms with Crippen molar-refractivity contribution in [3.05, 3.63) is 23.3 Å². The summed E-state index contributed by atoms with van der Waals surface area (Å²) in [5, 5.41) is 56.2. The van der Waals surface area contributed by atoms with Gasteiger partial charge in [0.05, 0.1) is 24.2 Å². The maximum atomic E-state index is 13.5. The Labute approximate surface area is 208 Å². The highest BCUT2D eigenvalue weighted by atomic mass is 16.6. The zero-order valence-corrected chi connectivity index (χ0v) is 21.4. The summed E-state index contributed by atoms with van der Waals surface area (Å²) < 4.78 is 5.99. The third-order valence-corrected chi connectivity index (χ3v) is 9.82. The Kier molecular flexibility index (Phi) is 7.00. The summed E-state index contributed by atoms with van der Waals surface area (Å²) in [5.41, 5.74) is -3.85. The summed E-state index contributed by atoms with van der Waals surface area (Å²) in [6.07, 6.45) is 4.56. The number of carbonyl (C=O) groups is 1. The lowest BCUT2D eigenvalue weighted by molar-refractivity contribution is -0.227. The van der Waals surface area contributed by atoms with Crippen LogP contribution in [0.1, 0.15) is 72.6 Å². The van der Waals surface area contributed by atoms with Crippen LogP contribution in [0.3, 0.4) is 0 Å². The van der Waals surface area contributed by atoms with E-state index >= 15 is 0 Å². The summed E-state index contributed by atoms with van der Waals surface area (Å²) >= 11 is 0. The Balaban J connectivity index is 1.84. The molecule has 0 aromatic rings. The van der Waals surface area contributed by atoms with Gasteiger partial charge in [0, 0.05) is 5.92 Å². The van der Waals surface area contributed by atoms with Crippen molar-refractivity contribution >= 4 is 5.97 Å². The first-order valence-corrected chi connectivity index (χ1v) is 13.2. The molecule has 1 spiro atoms. The van der Waals surface area contributed by atoms with Crippen LogP contribution in [0.2, 0.25) is 0 Å². The third-order valence-electron chi connectivity index (χ3n) is 9.82. The van der Waals surface area contributed by atoms with Crippen molar-refractivity contribution < 1.29 is 30.0 Å². The van der Waals surface area contributed by atoms with Crippen LogP contribution < -0.4 is 0 Å². The van der Waals surface area contributed by atoms with Crippen molar-refractivity contribution in [3.63, 3.8) is 0 Å². The van der Waals surface area contributed by atoms with Gasteiger partial charge in [-0.15, -0.1) is 0 Å². The lowest BCUT2D eigenvalue weighted by atomic mass is 9.59. The molecule has 8 atom stereocenters. The molecule has 0 aliphatic heterocycles. The van der Waals surface area contributed by atoms with Gasteiger partial charge in [-0.2, -0.15) is 5.26 Å². The molecule has 7 heteroatoms. The summed E-state index contributed by atoms with van der Waals surface area (Å²) in [7, 11) is 0. The molecule has 2 bridgehead atoms. The molecule has 4 rings (SSSR count). The fourth-order valence-electron chi connectivity index (χ4n) is 7.77. The second kappa shape index (κ2) is 9.30. The minimum absolute atomic E-state index is 0.0994. The number of aliphatic hydroxyl groups excluding tert-OH is 3. The lowest BCUT2D eigenvalue weighted by Crippen LogP contribution is -2.67. The largest absolute Gasteiger partial charge is 0.453 e. The topological polar surface area (TPSA) is 131 Å². The predicted molar refractivity (Wildman–Crippen MR) is 130 cm³/mol. The number of nitriles is 1. The van der Waals surface area contributed by atoms with E-state index in [0.29, 0.717) is 18.4 Å². The molecule has 0 saturated heterocycles. The normalized spacial score (nSPS) is 42.7. The van der Waals surface area contributed by atoms with Crippen molar-refractivity contribution in [1.82, 2.24) is 0 Å². The first kappa shape index (κ1) is 26.3. The van der Waals surface area contributed by atoms with E-state index in [9.17, 15) is 30.5 Å². The van der Waals surface area contributed by atoms with Crippen molar-refractivity contribution in [3.8, 4) is 6.07 Å². The first-order chi connectivity index (χ1) is 16.5. The molecule has 35 heavy (non-hydrogen) atoms. The summed E-state index contributed by atoms with van der Waals surface area (Å²) in [6, 6.07) is 2.18. The van der Waals surface area contributed by atoms with Crippen LogP contribution in [0.4, 0.5) is 0 Å². The zero-order valence-electron chi connectivity index (χ0n) is 21.4. The van der Waals surface area contributed by atoms with E-state index in [-0.39, 0.29) is 29.2 Å². The highest BCUT2D eigenvalue weighted by molar-refractivity contribution is 5.80. The van der Waals surface area contributed by atoms with Gasteiger partial charge in [0.15, 0.2) is 11.5 Å². The van der Waals surface area contributed by atoms with Gasteiger partial charge in [-0.1, -0.05) is 52.2 Å². The molecule has 4 aliphatic rings. The van der Waals surface area contributed by atoms with Crippen LogP contribution in [0.5, 0.6) is 0 Å². The molecule has 0 heterocycles. The van der Waals surface area contributed by atoms with Gasteiger partial charge >= 0.3 is 5.97 Å². The van der Waals surface area contributed by atoms with Crippen LogP contribution in [0.25, 0.3) is 0 Å². The molecule has 8 unspecified atom stereocenters. The number of carbonyl (C=O) groups excluding carboxylic acids is 1. The number of hydrogen-bond acceptors (Lipinski definition) is 7. The second-order valence-electron chi connectivity index (χ2n) is 11.9. The average Bonchev–Trinajstić information content (AvgIpc) is 2.97. The Bertz CT molecular complexity index is 944. The van der Waals surface area contributed by atoms with Crippen LogP contribution in [-0.4, -0.2) is 56.9 Å². The summed E-state index contributed by atoms with van der Waals surface area (Å²) in [5.74, 6) is -0.941. The van der Waals surface area contributed by atoms with E-state index in [0.717, 1.165) is 32.1 Å². The van der Waals surface area contributed by atoms with Crippen LogP contribution in [0.15, 0.2) is 23.3 Å². The number of ether oxygens (including phenoxy) is 1. The highest BCUT2D eigenvalue weighted by Crippen LogP contribution is 2.62. The van der Waals surface area contributed by atoms with E-state index in [1.54, 1.807) is 13.0 Å². The number of nitrogens with zero attached hydrogens (tertiary/aromatic N) is 1. The number of esters is 1. The molecule has 194 valence electrons. The molecular formula is C28H41NO6. The average molecular weight is 488 g/mol. The zero-order chi connectivity index (χ0) is 25.8. The Morgan fingerprint density at radius 1 is 1.23 bits per heavy atom. The predicted octanol–water partition coefficient (Wildman–Crippen LogP) is 3.02. The standard InChI is InChI=1S/C28H41NO6/c1-16(2)20-9-8-18(4)27-13-17(3)24(35-25(33)26(15-29)10-6-5-7-11-26)28(27,34)22(31)19(14-30)12-21(20)23(27)32/h12-13,16,18,20-24,30-32,34H,5-11,14H2,1-4H3. The molecule has 4 N–H and O–H groups in total. The van der Waals surface area contributed by atoms with Crippen molar-refractivity contribution in [2.24, 2.45) is 34.5 Å². The van der Waals surface area contributed by atoms with Gasteiger partial charge in [0.25, 0.3) is 0 Å². The van der Waals surface area contributed by atoms with E-state index in [1.165, 1.54) is 0 Å². The second-order valence-corrected chi connectivity index (χ2v) is 11.9. The fraction of sp³-hybridized carbons (Fsp3) is 0.786. The van der Waals surface area contributed by atoms with Gasteiger partial charge in [0.1, 0.15) is 11.7 Å². The van der Waals surface area contributed by atoms with Crippen LogP contribution >= 0.6 is 0 Å². The van der Waals surface area contributed by atoms with Crippen molar-refractivity contribution in [2.45, 2.75) is 96.6 Å². The Hall–Kier alpha value is -1.72. The molecule has 0 aromatic heterocycles. The van der Waals surface area contributed by atoms with E-state index < -0.39 is 47.3 Å². The van der Waals surface area contributed by atoms with E-state index in [2.05, 4.69) is 19.9 Å². The first-order valence-electron chi connectivity index (χ1n) is 13.2. The monoisotopic (exact) mass is 487 g/mol. The number of rotatable bonds is 4. The summed E-state index contributed by atoms with van der Waals surface area (Å²) in [4.78, 5) is 13.5. The van der Waals surface area contributed by atoms with E-state index in [4.69, 9.17) is 4.74 Å². The maximum Gasteiger partial charge on any atom is 0.327 e. The quantitative estimate of drug-likeness (QED) is 0.354. The molecule has 0 amide bonds. The minimum atomic E-state index is -2.08. The van der Waals surface area contributed by atoms with Crippen molar-refractivity contribution in [2.75, 3.05) is 6.61 Å². The van der Waals surface area contributed by atoms with Crippen molar-refractivity contribution in [1.29, 1.82) is 5.26 Å². The van der Waals surface area contributed by atoms with Gasteiger partial charge < -0.3 is 25.2 Å². The number of aliphatic hydroxyl groups is 4. The maximum absolute atomic E-state index is 13.5. The van der Waals surface area contributed by atoms with Gasteiger partial charge in [-0.25, -0.2) is 0 Å². The third kappa shape index (κ3) is 3.63. The SMILES string of the molecule is CC1=CC23C(C)CCC(C(C)C)C(C=C(CO)C(O)C2(O)C1OC(=O)C1(C#N)CCCCC1)C3O. The minimum Gasteiger partial charge on any atom is -0.453 e. The smallest absolute Gasteiger partial charge is 0.327 e. The van der Waals surface area contributed by atoms with Gasteiger partial charge in [-0.05, 0) is 61.5 Å². The molecule has 2 fully saturated rings. The van der Waals surface area contributed by atoms with Crippen LogP contribution in [0, 0.1) is 45.8 Å². The Morgan fingerprint density at radius 2 is 1.89 bits per heavy atom. The molecule has 0 aromatic carbocycles. The van der Waals surface area contributed by atoms with E-state index in [1.807, 2.05) is 13.0 Å². The molecule has 0 radical (unpaired) electrons. The summed E-state index contributed by atoms with van der Waals surface area (Å²) in [6.45, 7) is 7.44. The highest BCUT2D eigenvalue weighted by Gasteiger charge is 2.71. The Morgan fingerprint density at radius 3 is 2.46 bits per heavy atom. The number of hydrogen-bond donors (Lipinski definition) is 4. The molecule has 7 nitrogen and oxygen atoms in total. The molecular weight excluding hydrogens is 446 g/mol. The molecule has 2 saturated carbocycles. The molecule has 4 aliphatic carbocycles. The van der Waals surface area contributed by atoms with Crippen LogP contribution in [-0.2, 0) is 9.53 Å².